The third-order valence-corrected chi connectivity index (χ3v) is 9.21. The van der Waals surface area contributed by atoms with Crippen LogP contribution in [0.1, 0.15) is 69.2 Å². The predicted molar refractivity (Wildman–Crippen MR) is 183 cm³/mol. The van der Waals surface area contributed by atoms with Gasteiger partial charge in [0.15, 0.2) is 11.6 Å². The second kappa shape index (κ2) is 14.3. The number of aryl methyl sites for hydroxylation is 4. The largest absolute Gasteiger partial charge is 0.326 e. The molecule has 0 fully saturated rings. The van der Waals surface area contributed by atoms with E-state index in [1.165, 1.54) is 22.7 Å². The Morgan fingerprint density at radius 2 is 1.33 bits per heavy atom. The first-order valence-corrected chi connectivity index (χ1v) is 16.9. The summed E-state index contributed by atoms with van der Waals surface area (Å²) < 4.78 is 3.48. The van der Waals surface area contributed by atoms with Crippen LogP contribution in [0, 0.1) is 33.6 Å². The first kappa shape index (κ1) is 32.8. The first-order chi connectivity index (χ1) is 22.0. The highest BCUT2D eigenvalue weighted by Crippen LogP contribution is 2.30. The van der Waals surface area contributed by atoms with E-state index in [-0.39, 0.29) is 17.7 Å². The van der Waals surface area contributed by atoms with Gasteiger partial charge in [0.2, 0.25) is 21.7 Å². The van der Waals surface area contributed by atoms with Crippen LogP contribution in [-0.4, -0.2) is 51.4 Å². The molecule has 4 heterocycles. The lowest BCUT2D eigenvalue weighted by Crippen LogP contribution is -2.18. The Balaban J connectivity index is 0.000000182. The molecule has 6 rings (SSSR count). The minimum absolute atomic E-state index is 0.0188. The molecule has 0 saturated carbocycles. The van der Waals surface area contributed by atoms with E-state index in [2.05, 4.69) is 48.1 Å². The first-order valence-electron chi connectivity index (χ1n) is 15.2. The van der Waals surface area contributed by atoms with Gasteiger partial charge in [-0.15, -0.1) is 20.4 Å². The van der Waals surface area contributed by atoms with Gasteiger partial charge in [-0.2, -0.15) is 19.2 Å². The van der Waals surface area contributed by atoms with E-state index in [1.54, 1.807) is 9.03 Å². The smallest absolute Gasteiger partial charge is 0.234 e. The average Bonchev–Trinajstić information content (AvgIpc) is 3.80. The summed E-state index contributed by atoms with van der Waals surface area (Å²) >= 11 is 2.98. The third-order valence-electron chi connectivity index (χ3n) is 7.32. The molecule has 0 aliphatic rings. The molecule has 0 atom stereocenters. The quantitative estimate of drug-likeness (QED) is 0.157. The molecule has 0 saturated heterocycles. The summed E-state index contributed by atoms with van der Waals surface area (Å²) in [6, 6.07) is 11.9. The van der Waals surface area contributed by atoms with E-state index in [0.717, 1.165) is 84.5 Å². The van der Waals surface area contributed by atoms with Gasteiger partial charge in [-0.05, 0) is 69.5 Å². The number of aromatic nitrogens is 8. The fourth-order valence-electron chi connectivity index (χ4n) is 4.51. The maximum atomic E-state index is 12.1. The summed E-state index contributed by atoms with van der Waals surface area (Å²) in [6.45, 7) is 13.6. The van der Waals surface area contributed by atoms with Crippen molar-refractivity contribution in [3.8, 4) is 21.1 Å². The molecule has 0 radical (unpaired) electrons. The van der Waals surface area contributed by atoms with E-state index in [4.69, 9.17) is 0 Å². The molecule has 6 aromatic rings. The minimum Gasteiger partial charge on any atom is -0.326 e. The molecule has 12 nitrogen and oxygen atoms in total. The van der Waals surface area contributed by atoms with Gasteiger partial charge in [0, 0.05) is 34.8 Å². The van der Waals surface area contributed by atoms with Crippen molar-refractivity contribution in [3.63, 3.8) is 0 Å². The van der Waals surface area contributed by atoms with Crippen LogP contribution in [0.4, 0.5) is 11.4 Å². The Hall–Kier alpha value is -4.56. The Morgan fingerprint density at radius 1 is 0.739 bits per heavy atom. The molecule has 46 heavy (non-hydrogen) atoms. The third kappa shape index (κ3) is 7.45. The molecule has 2 amide bonds. The van der Waals surface area contributed by atoms with Crippen molar-refractivity contribution in [2.45, 2.75) is 74.1 Å². The molecule has 4 aromatic heterocycles. The number of nitrogens with zero attached hydrogens (tertiary/aromatic N) is 8. The van der Waals surface area contributed by atoms with Crippen molar-refractivity contribution < 1.29 is 9.59 Å². The number of anilines is 2. The van der Waals surface area contributed by atoms with E-state index in [1.807, 2.05) is 77.9 Å². The summed E-state index contributed by atoms with van der Waals surface area (Å²) in [5.74, 6) is 1.59. The number of fused-ring (bicyclic) bond motifs is 2. The van der Waals surface area contributed by atoms with Gasteiger partial charge in [-0.1, -0.05) is 68.4 Å². The maximum Gasteiger partial charge on any atom is 0.234 e. The number of hydrogen-bond donors (Lipinski definition) is 2. The highest BCUT2D eigenvalue weighted by atomic mass is 32.1. The molecular formula is C32H38N10O2S2. The van der Waals surface area contributed by atoms with Crippen LogP contribution in [-0.2, 0) is 9.59 Å². The molecule has 240 valence electrons. The number of amides is 2. The zero-order valence-corrected chi connectivity index (χ0v) is 28.7. The van der Waals surface area contributed by atoms with Crippen LogP contribution in [0.3, 0.4) is 0 Å². The van der Waals surface area contributed by atoms with Crippen LogP contribution < -0.4 is 10.6 Å². The van der Waals surface area contributed by atoms with Crippen molar-refractivity contribution in [1.29, 1.82) is 0 Å². The Bertz CT molecular complexity index is 2000. The summed E-state index contributed by atoms with van der Waals surface area (Å²) in [7, 11) is 0. The van der Waals surface area contributed by atoms with Crippen LogP contribution >= 0.6 is 22.7 Å². The minimum atomic E-state index is -0.0405. The van der Waals surface area contributed by atoms with E-state index in [0.29, 0.717) is 6.42 Å². The van der Waals surface area contributed by atoms with E-state index in [9.17, 15) is 9.59 Å². The topological polar surface area (TPSA) is 144 Å². The van der Waals surface area contributed by atoms with Gasteiger partial charge in [-0.3, -0.25) is 9.59 Å². The van der Waals surface area contributed by atoms with Crippen molar-refractivity contribution in [2.24, 2.45) is 5.92 Å². The van der Waals surface area contributed by atoms with Gasteiger partial charge >= 0.3 is 0 Å². The van der Waals surface area contributed by atoms with Crippen LogP contribution in [0.15, 0.2) is 36.4 Å². The molecule has 0 bridgehead atoms. The fraction of sp³-hybridized carbons (Fsp3) is 0.375. The highest BCUT2D eigenvalue weighted by molar-refractivity contribution is 7.20. The molecule has 0 aliphatic carbocycles. The molecule has 0 unspecified atom stereocenters. The van der Waals surface area contributed by atoms with Gasteiger partial charge < -0.3 is 10.6 Å². The molecule has 2 N–H and O–H groups in total. The second-order valence-corrected chi connectivity index (χ2v) is 13.3. The molecular weight excluding hydrogens is 621 g/mol. The standard InChI is InChI=1S/C17H21N5OS.C15H17N5OS/c1-4-5-6-7-15(23)18-14-10-13(9-8-11(14)2)16-21-22-12(3)19-20-17(22)24-16;1-8(2)13(21)16-12-6-5-11(7-9(12)3)14-19-20-10(4)17-18-15(20)22-14/h8-10H,4-7H2,1-3H3,(H,18,23);5-8H,1-4H3,(H,16,21). The normalized spacial score (nSPS) is 11.2. The number of carbonyl (C=O) groups is 2. The summed E-state index contributed by atoms with van der Waals surface area (Å²) in [4.78, 5) is 25.4. The SMILES string of the molecule is CCCCCC(=O)Nc1cc(-c2nn3c(C)nnc3s2)ccc1C.Cc1cc(-c2nn3c(C)nnc3s2)ccc1NC(=O)C(C)C. The summed E-state index contributed by atoms with van der Waals surface area (Å²) in [5, 5.41) is 32.9. The number of unbranched alkanes of at least 4 members (excludes halogenated alkanes) is 2. The van der Waals surface area contributed by atoms with Crippen molar-refractivity contribution >= 4 is 55.8 Å². The van der Waals surface area contributed by atoms with E-state index < -0.39 is 0 Å². The number of benzene rings is 2. The van der Waals surface area contributed by atoms with Gasteiger partial charge in [0.05, 0.1) is 0 Å². The number of hydrogen-bond acceptors (Lipinski definition) is 10. The zero-order chi connectivity index (χ0) is 33.0. The number of rotatable bonds is 9. The van der Waals surface area contributed by atoms with Gasteiger partial charge in [0.25, 0.3) is 0 Å². The van der Waals surface area contributed by atoms with Crippen LogP contribution in [0.25, 0.3) is 31.1 Å². The molecule has 14 heteroatoms. The highest BCUT2D eigenvalue weighted by Gasteiger charge is 2.14. The van der Waals surface area contributed by atoms with Crippen molar-refractivity contribution in [1.82, 2.24) is 39.6 Å². The average molecular weight is 659 g/mol. The predicted octanol–water partition coefficient (Wildman–Crippen LogP) is 7.05. The Kier molecular flexibility index (Phi) is 10.2. The van der Waals surface area contributed by atoms with Gasteiger partial charge in [-0.25, -0.2) is 0 Å². The monoisotopic (exact) mass is 658 g/mol. The molecule has 0 spiro atoms. The Labute approximate surface area is 275 Å². The molecule has 2 aromatic carbocycles. The molecule has 0 aliphatic heterocycles. The van der Waals surface area contributed by atoms with E-state index >= 15 is 0 Å². The van der Waals surface area contributed by atoms with Gasteiger partial charge in [0.1, 0.15) is 10.0 Å². The number of carbonyl (C=O) groups excluding carboxylic acids is 2. The fourth-order valence-corrected chi connectivity index (χ4v) is 6.28. The lowest BCUT2D eigenvalue weighted by molar-refractivity contribution is -0.119. The second-order valence-electron chi connectivity index (χ2n) is 11.4. The Morgan fingerprint density at radius 3 is 1.87 bits per heavy atom. The van der Waals surface area contributed by atoms with Crippen molar-refractivity contribution in [3.05, 3.63) is 59.2 Å². The van der Waals surface area contributed by atoms with Crippen LogP contribution in [0.5, 0.6) is 0 Å². The zero-order valence-electron chi connectivity index (χ0n) is 27.1. The lowest BCUT2D eigenvalue weighted by atomic mass is 10.1. The van der Waals surface area contributed by atoms with Crippen LogP contribution in [0.2, 0.25) is 0 Å². The number of nitrogens with one attached hydrogen (secondary N) is 2. The lowest BCUT2D eigenvalue weighted by Gasteiger charge is -2.11. The van der Waals surface area contributed by atoms with Crippen molar-refractivity contribution in [2.75, 3.05) is 10.6 Å². The maximum absolute atomic E-state index is 12.1. The summed E-state index contributed by atoms with van der Waals surface area (Å²) in [5.41, 5.74) is 5.71. The summed E-state index contributed by atoms with van der Waals surface area (Å²) in [6.07, 6.45) is 3.69.